The number of morpholine rings is 1. The number of halogens is 6. The lowest BCUT2D eigenvalue weighted by molar-refractivity contribution is -0.236. The average molecular weight is 573 g/mol. The van der Waals surface area contributed by atoms with Gasteiger partial charge in [-0.2, -0.15) is 26.3 Å². The Hall–Kier alpha value is -3.59. The number of pyridine rings is 1. The van der Waals surface area contributed by atoms with Gasteiger partial charge in [0.05, 0.1) is 36.6 Å². The Morgan fingerprint density at radius 1 is 1.15 bits per heavy atom. The minimum Gasteiger partial charge on any atom is -0.475 e. The number of hydrogen-bond donors (Lipinski definition) is 2. The summed E-state index contributed by atoms with van der Waals surface area (Å²) >= 11 is 0. The molecule has 4 heterocycles. The lowest BCUT2D eigenvalue weighted by atomic mass is 9.95. The second kappa shape index (κ2) is 10.4. The molecule has 3 aliphatic rings. The fourth-order valence-electron chi connectivity index (χ4n) is 5.06. The van der Waals surface area contributed by atoms with E-state index < -0.39 is 61.4 Å². The molecule has 9 nitrogen and oxygen atoms in total. The molecule has 0 saturated carbocycles. The maximum absolute atomic E-state index is 13.4. The Labute approximate surface area is 224 Å². The van der Waals surface area contributed by atoms with Gasteiger partial charge in [-0.15, -0.1) is 0 Å². The van der Waals surface area contributed by atoms with Crippen molar-refractivity contribution in [3.63, 3.8) is 0 Å². The van der Waals surface area contributed by atoms with Crippen molar-refractivity contribution in [1.82, 2.24) is 15.3 Å². The third-order valence-electron chi connectivity index (χ3n) is 6.99. The third kappa shape index (κ3) is 5.52. The van der Waals surface area contributed by atoms with E-state index in [9.17, 15) is 35.9 Å². The number of carbonyl (C=O) groups is 2. The molecule has 2 aromatic rings. The zero-order chi connectivity index (χ0) is 28.8. The van der Waals surface area contributed by atoms with Crippen molar-refractivity contribution in [3.8, 4) is 5.88 Å². The van der Waals surface area contributed by atoms with Crippen LogP contribution in [0.5, 0.6) is 5.88 Å². The number of alkyl halides is 6. The number of hydrogen-bond acceptors (Lipinski definition) is 7. The summed E-state index contributed by atoms with van der Waals surface area (Å²) in [4.78, 5) is 32.6. The Bertz CT molecular complexity index is 1290. The number of amides is 2. The van der Waals surface area contributed by atoms with E-state index in [0.717, 1.165) is 4.90 Å². The Kier molecular flexibility index (Phi) is 7.29. The molecule has 2 N–H and O–H groups in total. The largest absolute Gasteiger partial charge is 0.475 e. The van der Waals surface area contributed by atoms with Crippen LogP contribution in [0.2, 0.25) is 0 Å². The van der Waals surface area contributed by atoms with E-state index in [2.05, 4.69) is 15.8 Å². The second-order valence-corrected chi connectivity index (χ2v) is 9.77. The van der Waals surface area contributed by atoms with Crippen LogP contribution in [0.1, 0.15) is 36.6 Å². The van der Waals surface area contributed by atoms with Crippen LogP contribution in [-0.4, -0.2) is 72.5 Å². The van der Waals surface area contributed by atoms with E-state index in [1.54, 1.807) is 31.2 Å². The molecule has 4 unspecified atom stereocenters. The van der Waals surface area contributed by atoms with E-state index >= 15 is 0 Å². The summed E-state index contributed by atoms with van der Waals surface area (Å²) in [5, 5.41) is 0. The van der Waals surface area contributed by atoms with Gasteiger partial charge in [0.15, 0.2) is 12.1 Å². The summed E-state index contributed by atoms with van der Waals surface area (Å²) in [6.45, 7) is 0.231. The van der Waals surface area contributed by atoms with Gasteiger partial charge in [-0.3, -0.25) is 9.59 Å². The number of nitrogens with zero attached hydrogens (tertiary/aromatic N) is 3. The van der Waals surface area contributed by atoms with Crippen LogP contribution in [0.4, 0.5) is 37.7 Å². The normalized spacial score (nSPS) is 23.5. The van der Waals surface area contributed by atoms with E-state index in [-0.39, 0.29) is 36.8 Å². The van der Waals surface area contributed by atoms with Crippen molar-refractivity contribution in [1.29, 1.82) is 0 Å². The van der Waals surface area contributed by atoms with Gasteiger partial charge in [0.1, 0.15) is 6.54 Å². The van der Waals surface area contributed by atoms with Crippen LogP contribution in [0.3, 0.4) is 0 Å². The quantitative estimate of drug-likeness (QED) is 0.509. The number of rotatable bonds is 6. The molecule has 5 rings (SSSR count). The SMILES string of the molecule is CC(CC1C(=O)N(CC(=O)N2CCOC(C(F)(F)F)C2)c2ccccc21)Oc1ccc2c(n1)C(C(F)(F)F)NN2. The fourth-order valence-corrected chi connectivity index (χ4v) is 5.06. The Morgan fingerprint density at radius 3 is 2.62 bits per heavy atom. The summed E-state index contributed by atoms with van der Waals surface area (Å²) in [5.74, 6) is -1.87. The van der Waals surface area contributed by atoms with Crippen LogP contribution >= 0.6 is 0 Å². The lowest BCUT2D eigenvalue weighted by Crippen LogP contribution is -2.53. The molecule has 1 aromatic carbocycles. The van der Waals surface area contributed by atoms with Gasteiger partial charge in [0, 0.05) is 18.3 Å². The monoisotopic (exact) mass is 573 g/mol. The number of ether oxygens (including phenoxy) is 2. The maximum atomic E-state index is 13.4. The summed E-state index contributed by atoms with van der Waals surface area (Å²) in [5.41, 5.74) is 5.54. The van der Waals surface area contributed by atoms with Crippen LogP contribution in [0, 0.1) is 0 Å². The average Bonchev–Trinajstić information content (AvgIpc) is 3.43. The first-order valence-electron chi connectivity index (χ1n) is 12.4. The Morgan fingerprint density at radius 2 is 1.90 bits per heavy atom. The van der Waals surface area contributed by atoms with E-state index in [4.69, 9.17) is 9.47 Å². The molecule has 0 spiro atoms. The molecular formula is C25H25F6N5O4. The number of anilines is 2. The minimum absolute atomic E-state index is 0.0303. The number of benzene rings is 1. The first-order valence-corrected chi connectivity index (χ1v) is 12.4. The molecular weight excluding hydrogens is 548 g/mol. The smallest absolute Gasteiger partial charge is 0.416 e. The van der Waals surface area contributed by atoms with Crippen molar-refractivity contribution >= 4 is 23.2 Å². The predicted octanol–water partition coefficient (Wildman–Crippen LogP) is 3.69. The molecule has 1 aromatic heterocycles. The molecule has 4 atom stereocenters. The highest BCUT2D eigenvalue weighted by Gasteiger charge is 2.47. The molecule has 40 heavy (non-hydrogen) atoms. The zero-order valence-electron chi connectivity index (χ0n) is 21.1. The summed E-state index contributed by atoms with van der Waals surface area (Å²) in [6.07, 6.45) is -11.8. The lowest BCUT2D eigenvalue weighted by Gasteiger charge is -2.34. The van der Waals surface area contributed by atoms with Gasteiger partial charge in [-0.05, 0) is 31.0 Å². The van der Waals surface area contributed by atoms with Gasteiger partial charge in [0.25, 0.3) is 0 Å². The molecule has 0 aliphatic carbocycles. The topological polar surface area (TPSA) is 96.0 Å². The number of para-hydroxylation sites is 1. The summed E-state index contributed by atoms with van der Waals surface area (Å²) in [6, 6.07) is 7.55. The predicted molar refractivity (Wildman–Crippen MR) is 128 cm³/mol. The molecule has 15 heteroatoms. The zero-order valence-corrected chi connectivity index (χ0v) is 21.1. The van der Waals surface area contributed by atoms with Crippen LogP contribution in [0.25, 0.3) is 0 Å². The Balaban J connectivity index is 1.27. The number of fused-ring (bicyclic) bond motifs is 2. The van der Waals surface area contributed by atoms with Crippen molar-refractivity contribution < 1.29 is 45.4 Å². The van der Waals surface area contributed by atoms with Crippen LogP contribution in [0.15, 0.2) is 36.4 Å². The van der Waals surface area contributed by atoms with Gasteiger partial charge in [-0.25, -0.2) is 10.4 Å². The number of aromatic nitrogens is 1. The van der Waals surface area contributed by atoms with E-state index in [0.29, 0.717) is 11.3 Å². The van der Waals surface area contributed by atoms with Gasteiger partial charge >= 0.3 is 12.4 Å². The van der Waals surface area contributed by atoms with Crippen molar-refractivity contribution in [3.05, 3.63) is 47.7 Å². The van der Waals surface area contributed by atoms with Gasteiger partial charge in [0.2, 0.25) is 17.7 Å². The number of carbonyl (C=O) groups excluding carboxylic acids is 2. The molecule has 1 saturated heterocycles. The first kappa shape index (κ1) is 28.0. The molecule has 0 radical (unpaired) electrons. The van der Waals surface area contributed by atoms with Crippen LogP contribution < -0.4 is 20.5 Å². The standard InChI is InChI=1S/C25H25F6N5O4/c1-13(40-19-7-6-16-21(32-19)22(34-33-16)25(29,30)31)10-15-14-4-2-3-5-17(14)36(23(15)38)12-20(37)35-8-9-39-18(11-35)24(26,27)28/h2-7,13,15,18,22,33-34H,8-12H2,1H3. The molecule has 0 bridgehead atoms. The minimum atomic E-state index is -4.62. The number of hydrazine groups is 1. The molecule has 216 valence electrons. The van der Waals surface area contributed by atoms with Crippen molar-refractivity contribution in [2.45, 2.75) is 49.9 Å². The second-order valence-electron chi connectivity index (χ2n) is 9.77. The highest BCUT2D eigenvalue weighted by Crippen LogP contribution is 2.41. The van der Waals surface area contributed by atoms with Crippen LogP contribution in [-0.2, 0) is 14.3 Å². The summed E-state index contributed by atoms with van der Waals surface area (Å²) < 4.78 is 89.7. The fraction of sp³-hybridized carbons (Fsp3) is 0.480. The molecule has 2 amide bonds. The first-order chi connectivity index (χ1) is 18.8. The maximum Gasteiger partial charge on any atom is 0.416 e. The summed E-state index contributed by atoms with van der Waals surface area (Å²) in [7, 11) is 0. The van der Waals surface area contributed by atoms with Crippen molar-refractivity contribution in [2.24, 2.45) is 0 Å². The molecule has 1 fully saturated rings. The highest BCUT2D eigenvalue weighted by molar-refractivity contribution is 6.08. The number of nitrogens with one attached hydrogen (secondary N) is 2. The molecule has 3 aliphatic heterocycles. The van der Waals surface area contributed by atoms with E-state index in [1.165, 1.54) is 17.0 Å². The highest BCUT2D eigenvalue weighted by atomic mass is 19.4. The third-order valence-corrected chi connectivity index (χ3v) is 6.99. The van der Waals surface area contributed by atoms with Gasteiger partial charge < -0.3 is 24.7 Å². The van der Waals surface area contributed by atoms with Gasteiger partial charge in [-0.1, -0.05) is 18.2 Å². The van der Waals surface area contributed by atoms with Crippen molar-refractivity contribution in [2.75, 3.05) is 36.6 Å². The van der Waals surface area contributed by atoms with E-state index in [1.807, 2.05) is 0 Å².